The van der Waals surface area contributed by atoms with E-state index in [0.717, 1.165) is 56.0 Å². The van der Waals surface area contributed by atoms with E-state index in [-0.39, 0.29) is 11.9 Å². The molecule has 0 bridgehead atoms. The van der Waals surface area contributed by atoms with E-state index in [9.17, 15) is 4.79 Å². The van der Waals surface area contributed by atoms with Gasteiger partial charge in [-0.15, -0.1) is 0 Å². The lowest BCUT2D eigenvalue weighted by molar-refractivity contribution is 0.0630. The molecule has 1 fully saturated rings. The molecular weight excluding hydrogens is 402 g/mol. The predicted molar refractivity (Wildman–Crippen MR) is 127 cm³/mol. The minimum absolute atomic E-state index is 0.0555. The van der Waals surface area contributed by atoms with Crippen LogP contribution in [0, 0.1) is 18.8 Å². The van der Waals surface area contributed by atoms with Crippen LogP contribution in [0.4, 0.5) is 11.5 Å². The first-order valence-corrected chi connectivity index (χ1v) is 11.9. The Morgan fingerprint density at radius 1 is 1.22 bits per heavy atom. The molecule has 1 N–H and O–H groups in total. The summed E-state index contributed by atoms with van der Waals surface area (Å²) in [7, 11) is 0. The molecule has 0 unspecified atom stereocenters. The fraction of sp³-hybridized carbons (Fsp3) is 0.538. The van der Waals surface area contributed by atoms with Crippen molar-refractivity contribution in [2.45, 2.75) is 52.5 Å². The number of benzene rings is 1. The zero-order chi connectivity index (χ0) is 22.5. The number of nitrogens with zero attached hydrogens (tertiary/aromatic N) is 2. The number of rotatable bonds is 7. The van der Waals surface area contributed by atoms with Gasteiger partial charge in [0, 0.05) is 25.5 Å². The highest BCUT2D eigenvalue weighted by atomic mass is 16.5. The standard InChI is InChI=1S/C26H35N3O3/c1-18(2)16-31-17-20-8-10-21(11-9-20)28-26(30)22-5-4-6-23-25(22)32-14-13-29(23)24-12-7-19(3)15-27-24/h4-7,12,15,18,20-21H,8-11,13-14,16-17H2,1-3H3,(H,28,30). The van der Waals surface area contributed by atoms with Crippen molar-refractivity contribution in [1.82, 2.24) is 10.3 Å². The molecule has 6 nitrogen and oxygen atoms in total. The van der Waals surface area contributed by atoms with Crippen LogP contribution in [0.25, 0.3) is 0 Å². The maximum atomic E-state index is 13.2. The zero-order valence-corrected chi connectivity index (χ0v) is 19.5. The van der Waals surface area contributed by atoms with E-state index in [2.05, 4.69) is 35.1 Å². The molecule has 2 heterocycles. The van der Waals surface area contributed by atoms with Crippen molar-refractivity contribution in [2.24, 2.45) is 11.8 Å². The average Bonchev–Trinajstić information content (AvgIpc) is 2.80. The molecule has 0 radical (unpaired) electrons. The van der Waals surface area contributed by atoms with Gasteiger partial charge in [-0.1, -0.05) is 26.0 Å². The number of pyridine rings is 1. The Labute approximate surface area is 191 Å². The fourth-order valence-electron chi connectivity index (χ4n) is 4.49. The first-order chi connectivity index (χ1) is 15.5. The normalized spacial score (nSPS) is 20.6. The van der Waals surface area contributed by atoms with Gasteiger partial charge in [0.1, 0.15) is 12.4 Å². The Morgan fingerprint density at radius 3 is 2.75 bits per heavy atom. The third-order valence-electron chi connectivity index (χ3n) is 6.25. The molecule has 2 aromatic rings. The molecule has 1 aliphatic heterocycles. The van der Waals surface area contributed by atoms with Crippen LogP contribution >= 0.6 is 0 Å². The second-order valence-electron chi connectivity index (χ2n) is 9.47. The summed E-state index contributed by atoms with van der Waals surface area (Å²) >= 11 is 0. The number of aromatic nitrogens is 1. The Kier molecular flexibility index (Phi) is 7.30. The van der Waals surface area contributed by atoms with Gasteiger partial charge in [-0.05, 0) is 68.2 Å². The van der Waals surface area contributed by atoms with Gasteiger partial charge in [0.25, 0.3) is 5.91 Å². The Hall–Kier alpha value is -2.60. The Balaban J connectivity index is 1.39. The van der Waals surface area contributed by atoms with Crippen LogP contribution in [-0.2, 0) is 4.74 Å². The van der Waals surface area contributed by atoms with Crippen molar-refractivity contribution >= 4 is 17.4 Å². The van der Waals surface area contributed by atoms with E-state index in [4.69, 9.17) is 9.47 Å². The second-order valence-corrected chi connectivity index (χ2v) is 9.47. The first kappa shape index (κ1) is 22.6. The Morgan fingerprint density at radius 2 is 2.03 bits per heavy atom. The number of para-hydroxylation sites is 1. The molecule has 172 valence electrons. The molecule has 2 aliphatic rings. The third kappa shape index (κ3) is 5.41. The third-order valence-corrected chi connectivity index (χ3v) is 6.25. The van der Waals surface area contributed by atoms with Crippen LogP contribution < -0.4 is 15.0 Å². The van der Waals surface area contributed by atoms with Gasteiger partial charge in [-0.25, -0.2) is 4.98 Å². The number of anilines is 2. The van der Waals surface area contributed by atoms with Gasteiger partial charge < -0.3 is 19.7 Å². The van der Waals surface area contributed by atoms with E-state index < -0.39 is 0 Å². The number of nitrogens with one attached hydrogen (secondary N) is 1. The van der Waals surface area contributed by atoms with Crippen molar-refractivity contribution in [3.63, 3.8) is 0 Å². The molecule has 1 aromatic carbocycles. The van der Waals surface area contributed by atoms with Crippen LogP contribution in [0.1, 0.15) is 55.5 Å². The van der Waals surface area contributed by atoms with Gasteiger partial charge in [0.2, 0.25) is 0 Å². The molecule has 32 heavy (non-hydrogen) atoms. The first-order valence-electron chi connectivity index (χ1n) is 11.9. The van der Waals surface area contributed by atoms with Gasteiger partial charge in [-0.2, -0.15) is 0 Å². The Bertz CT molecular complexity index is 905. The lowest BCUT2D eigenvalue weighted by Gasteiger charge is -2.32. The average molecular weight is 438 g/mol. The number of carbonyl (C=O) groups excluding carboxylic acids is 1. The summed E-state index contributed by atoms with van der Waals surface area (Å²) in [5.74, 6) is 2.64. The van der Waals surface area contributed by atoms with E-state index in [1.807, 2.05) is 37.4 Å². The van der Waals surface area contributed by atoms with Crippen LogP contribution in [0.3, 0.4) is 0 Å². The number of carbonyl (C=O) groups is 1. The van der Waals surface area contributed by atoms with Crippen molar-refractivity contribution in [3.05, 3.63) is 47.7 Å². The monoisotopic (exact) mass is 437 g/mol. The summed E-state index contributed by atoms with van der Waals surface area (Å²) < 4.78 is 11.8. The molecular formula is C26H35N3O3. The second kappa shape index (κ2) is 10.3. The van der Waals surface area contributed by atoms with Crippen LogP contribution in [0.5, 0.6) is 5.75 Å². The molecule has 0 atom stereocenters. The molecule has 1 aromatic heterocycles. The smallest absolute Gasteiger partial charge is 0.255 e. The number of amides is 1. The van der Waals surface area contributed by atoms with E-state index in [0.29, 0.717) is 36.3 Å². The summed E-state index contributed by atoms with van der Waals surface area (Å²) in [4.78, 5) is 19.8. The van der Waals surface area contributed by atoms with Crippen molar-refractivity contribution in [3.8, 4) is 5.75 Å². The number of hydrogen-bond acceptors (Lipinski definition) is 5. The van der Waals surface area contributed by atoms with E-state index in [1.54, 1.807) is 0 Å². The quantitative estimate of drug-likeness (QED) is 0.669. The van der Waals surface area contributed by atoms with Gasteiger partial charge in [0.15, 0.2) is 5.75 Å². The molecule has 1 saturated carbocycles. The highest BCUT2D eigenvalue weighted by molar-refractivity contribution is 5.99. The number of fused-ring (bicyclic) bond motifs is 1. The van der Waals surface area contributed by atoms with Crippen LogP contribution in [0.15, 0.2) is 36.5 Å². The molecule has 0 saturated heterocycles. The van der Waals surface area contributed by atoms with Gasteiger partial charge in [0.05, 0.1) is 17.8 Å². The summed E-state index contributed by atoms with van der Waals surface area (Å²) in [6.07, 6.45) is 6.05. The fourth-order valence-corrected chi connectivity index (χ4v) is 4.49. The maximum absolute atomic E-state index is 13.2. The van der Waals surface area contributed by atoms with Crippen molar-refractivity contribution in [1.29, 1.82) is 0 Å². The SMILES string of the molecule is Cc1ccc(N2CCOc3c(C(=O)NC4CCC(COCC(C)C)CC4)cccc32)nc1. The largest absolute Gasteiger partial charge is 0.489 e. The summed E-state index contributed by atoms with van der Waals surface area (Å²) in [5, 5.41) is 3.25. The van der Waals surface area contributed by atoms with Gasteiger partial charge >= 0.3 is 0 Å². The minimum Gasteiger partial charge on any atom is -0.489 e. The number of ether oxygens (including phenoxy) is 2. The van der Waals surface area contributed by atoms with Crippen molar-refractivity contribution in [2.75, 3.05) is 31.3 Å². The molecule has 4 rings (SSSR count). The van der Waals surface area contributed by atoms with E-state index in [1.165, 1.54) is 0 Å². The number of aryl methyl sites for hydroxylation is 1. The molecule has 1 aliphatic carbocycles. The predicted octanol–water partition coefficient (Wildman–Crippen LogP) is 4.88. The van der Waals surface area contributed by atoms with Crippen molar-refractivity contribution < 1.29 is 14.3 Å². The summed E-state index contributed by atoms with van der Waals surface area (Å²) in [5.41, 5.74) is 2.62. The molecule has 0 spiro atoms. The lowest BCUT2D eigenvalue weighted by Crippen LogP contribution is -2.39. The lowest BCUT2D eigenvalue weighted by atomic mass is 9.86. The van der Waals surface area contributed by atoms with Crippen LogP contribution in [0.2, 0.25) is 0 Å². The summed E-state index contributed by atoms with van der Waals surface area (Å²) in [6, 6.07) is 10.0. The highest BCUT2D eigenvalue weighted by Gasteiger charge is 2.28. The van der Waals surface area contributed by atoms with Crippen LogP contribution in [-0.4, -0.2) is 43.3 Å². The summed E-state index contributed by atoms with van der Waals surface area (Å²) in [6.45, 7) is 9.26. The topological polar surface area (TPSA) is 63.7 Å². The zero-order valence-electron chi connectivity index (χ0n) is 19.5. The van der Waals surface area contributed by atoms with E-state index >= 15 is 0 Å². The number of hydrogen-bond donors (Lipinski definition) is 1. The molecule has 1 amide bonds. The minimum atomic E-state index is -0.0555. The highest BCUT2D eigenvalue weighted by Crippen LogP contribution is 2.38. The van der Waals surface area contributed by atoms with Gasteiger partial charge in [-0.3, -0.25) is 4.79 Å². The maximum Gasteiger partial charge on any atom is 0.255 e. The molecule has 6 heteroatoms.